The maximum absolute atomic E-state index is 12.0. The highest BCUT2D eigenvalue weighted by Crippen LogP contribution is 2.17. The summed E-state index contributed by atoms with van der Waals surface area (Å²) in [5.74, 6) is -0.961. The number of aliphatic carboxylic acids is 1. The highest BCUT2D eigenvalue weighted by atomic mass is 32.2. The van der Waals surface area contributed by atoms with Crippen molar-refractivity contribution in [2.24, 2.45) is 0 Å². The van der Waals surface area contributed by atoms with Gasteiger partial charge in [-0.25, -0.2) is 4.79 Å². The molecule has 0 radical (unpaired) electrons. The summed E-state index contributed by atoms with van der Waals surface area (Å²) < 4.78 is 5.19. The van der Waals surface area contributed by atoms with Crippen molar-refractivity contribution < 1.29 is 19.4 Å². The molecule has 2 rings (SSSR count). The third-order valence-electron chi connectivity index (χ3n) is 3.26. The van der Waals surface area contributed by atoms with E-state index in [4.69, 9.17) is 4.74 Å². The number of carboxylic acids is 1. The monoisotopic (exact) mass is 333 g/mol. The molecular formula is C17H19NO4S. The molecule has 1 aliphatic rings. The number of carbonyl (C=O) groups excluding carboxylic acids is 1. The first kappa shape index (κ1) is 17.3. The third-order valence-corrected chi connectivity index (χ3v) is 4.27. The number of morpholine rings is 1. The molecule has 0 atom stereocenters. The van der Waals surface area contributed by atoms with Crippen LogP contribution in [0.25, 0.3) is 6.08 Å². The van der Waals surface area contributed by atoms with E-state index >= 15 is 0 Å². The Morgan fingerprint density at radius 2 is 1.91 bits per heavy atom. The maximum atomic E-state index is 12.0. The van der Waals surface area contributed by atoms with Gasteiger partial charge in [0, 0.05) is 13.1 Å². The second-order valence-electron chi connectivity index (χ2n) is 4.89. The average molecular weight is 333 g/mol. The number of ether oxygens (including phenoxy) is 1. The zero-order valence-corrected chi connectivity index (χ0v) is 13.5. The smallest absolute Gasteiger partial charge is 0.342 e. The molecule has 5 nitrogen and oxygen atoms in total. The Labute approximate surface area is 139 Å². The molecular weight excluding hydrogens is 314 g/mol. The van der Waals surface area contributed by atoms with Gasteiger partial charge in [-0.1, -0.05) is 42.5 Å². The Morgan fingerprint density at radius 1 is 1.22 bits per heavy atom. The fraction of sp³-hybridized carbons (Fsp3) is 0.294. The summed E-state index contributed by atoms with van der Waals surface area (Å²) >= 11 is 1.04. The number of nitrogens with zero attached hydrogens (tertiary/aromatic N) is 1. The predicted octanol–water partition coefficient (Wildman–Crippen LogP) is 2.26. The Kier molecular flexibility index (Phi) is 6.90. The largest absolute Gasteiger partial charge is 0.477 e. The van der Waals surface area contributed by atoms with E-state index in [2.05, 4.69) is 0 Å². The first-order valence-corrected chi connectivity index (χ1v) is 8.30. The Balaban J connectivity index is 1.90. The summed E-state index contributed by atoms with van der Waals surface area (Å²) in [6.07, 6.45) is 5.03. The molecule has 1 aliphatic heterocycles. The zero-order valence-electron chi connectivity index (χ0n) is 12.7. The van der Waals surface area contributed by atoms with Crippen LogP contribution in [0.4, 0.5) is 0 Å². The van der Waals surface area contributed by atoms with E-state index in [1.807, 2.05) is 36.4 Å². The molecule has 122 valence electrons. The number of allylic oxidation sites excluding steroid dienone is 2. The predicted molar refractivity (Wildman–Crippen MR) is 91.1 cm³/mol. The summed E-state index contributed by atoms with van der Waals surface area (Å²) in [5, 5.41) is 9.23. The topological polar surface area (TPSA) is 66.8 Å². The van der Waals surface area contributed by atoms with Crippen LogP contribution in [-0.4, -0.2) is 53.9 Å². The lowest BCUT2D eigenvalue weighted by Gasteiger charge is -2.26. The lowest BCUT2D eigenvalue weighted by molar-refractivity contribution is -0.132. The molecule has 1 N–H and O–H groups in total. The quantitative estimate of drug-likeness (QED) is 0.639. The van der Waals surface area contributed by atoms with Crippen molar-refractivity contribution in [3.05, 3.63) is 53.0 Å². The summed E-state index contributed by atoms with van der Waals surface area (Å²) in [5.41, 5.74) is 0.989. The van der Waals surface area contributed by atoms with E-state index in [1.54, 1.807) is 11.0 Å². The van der Waals surface area contributed by atoms with E-state index in [0.717, 1.165) is 17.3 Å². The molecule has 0 spiro atoms. The number of thioether (sulfide) groups is 1. The standard InChI is InChI=1S/C17H19NO4S/c19-16(18-9-11-22-12-10-18)13-23-15(17(20)21)8-4-7-14-5-2-1-3-6-14/h1-8H,9-13H2,(H,20,21)/b7-4+,15-8+. The van der Waals surface area contributed by atoms with Crippen LogP contribution in [0.5, 0.6) is 0 Å². The van der Waals surface area contributed by atoms with Gasteiger partial charge in [0.25, 0.3) is 0 Å². The van der Waals surface area contributed by atoms with Crippen LogP contribution in [0.15, 0.2) is 47.4 Å². The molecule has 0 bridgehead atoms. The number of hydrogen-bond donors (Lipinski definition) is 1. The van der Waals surface area contributed by atoms with Crippen LogP contribution in [0, 0.1) is 0 Å². The molecule has 0 aliphatic carbocycles. The van der Waals surface area contributed by atoms with Gasteiger partial charge < -0.3 is 14.7 Å². The van der Waals surface area contributed by atoms with Gasteiger partial charge in [-0.3, -0.25) is 4.79 Å². The Hall–Kier alpha value is -2.05. The van der Waals surface area contributed by atoms with Crippen LogP contribution in [-0.2, 0) is 14.3 Å². The normalized spacial score (nSPS) is 15.8. The van der Waals surface area contributed by atoms with E-state index in [0.29, 0.717) is 26.3 Å². The number of carboxylic acid groups (broad SMARTS) is 1. The van der Waals surface area contributed by atoms with Gasteiger partial charge in [-0.05, 0) is 11.6 Å². The summed E-state index contributed by atoms with van der Waals surface area (Å²) in [6.45, 7) is 2.22. The van der Waals surface area contributed by atoms with Crippen molar-refractivity contribution in [1.82, 2.24) is 4.90 Å². The molecule has 0 saturated carbocycles. The highest BCUT2D eigenvalue weighted by molar-refractivity contribution is 8.04. The van der Waals surface area contributed by atoms with Crippen LogP contribution in [0.1, 0.15) is 5.56 Å². The zero-order chi connectivity index (χ0) is 16.5. The summed E-state index contributed by atoms with van der Waals surface area (Å²) in [4.78, 5) is 25.2. The first-order chi connectivity index (χ1) is 11.2. The molecule has 0 aromatic heterocycles. The summed E-state index contributed by atoms with van der Waals surface area (Å²) in [7, 11) is 0. The van der Waals surface area contributed by atoms with Gasteiger partial charge in [0.05, 0.1) is 23.9 Å². The first-order valence-electron chi connectivity index (χ1n) is 7.32. The van der Waals surface area contributed by atoms with Crippen molar-refractivity contribution in [1.29, 1.82) is 0 Å². The lowest BCUT2D eigenvalue weighted by atomic mass is 10.2. The molecule has 1 aromatic carbocycles. The third kappa shape index (κ3) is 5.92. The second kappa shape index (κ2) is 9.17. The number of carbonyl (C=O) groups is 2. The van der Waals surface area contributed by atoms with Gasteiger partial charge in [-0.2, -0.15) is 0 Å². The van der Waals surface area contributed by atoms with Crippen LogP contribution in [0.2, 0.25) is 0 Å². The van der Waals surface area contributed by atoms with E-state index in [-0.39, 0.29) is 16.6 Å². The minimum absolute atomic E-state index is 0.0579. The van der Waals surface area contributed by atoms with Crippen molar-refractivity contribution in [2.75, 3.05) is 32.1 Å². The van der Waals surface area contributed by atoms with Crippen molar-refractivity contribution in [3.63, 3.8) is 0 Å². The molecule has 1 saturated heterocycles. The molecule has 23 heavy (non-hydrogen) atoms. The second-order valence-corrected chi connectivity index (χ2v) is 5.90. The molecule has 1 aromatic rings. The van der Waals surface area contributed by atoms with E-state index < -0.39 is 5.97 Å². The SMILES string of the molecule is O=C(O)/C(=C\C=C\c1ccccc1)SCC(=O)N1CCOCC1. The van der Waals surface area contributed by atoms with Crippen molar-refractivity contribution in [2.45, 2.75) is 0 Å². The Morgan fingerprint density at radius 3 is 2.57 bits per heavy atom. The molecule has 0 unspecified atom stereocenters. The molecule has 1 fully saturated rings. The van der Waals surface area contributed by atoms with Gasteiger partial charge in [0.2, 0.25) is 5.91 Å². The van der Waals surface area contributed by atoms with Crippen LogP contribution in [0.3, 0.4) is 0 Å². The number of rotatable bonds is 6. The fourth-order valence-corrected chi connectivity index (χ4v) is 2.80. The summed E-state index contributed by atoms with van der Waals surface area (Å²) in [6, 6.07) is 9.61. The van der Waals surface area contributed by atoms with Gasteiger partial charge >= 0.3 is 5.97 Å². The van der Waals surface area contributed by atoms with E-state index in [9.17, 15) is 14.7 Å². The van der Waals surface area contributed by atoms with Crippen molar-refractivity contribution >= 4 is 29.7 Å². The van der Waals surface area contributed by atoms with Crippen LogP contribution >= 0.6 is 11.8 Å². The highest BCUT2D eigenvalue weighted by Gasteiger charge is 2.18. The number of hydrogen-bond acceptors (Lipinski definition) is 4. The minimum Gasteiger partial charge on any atom is -0.477 e. The number of benzene rings is 1. The van der Waals surface area contributed by atoms with Gasteiger partial charge in [0.1, 0.15) is 0 Å². The molecule has 1 amide bonds. The maximum Gasteiger partial charge on any atom is 0.342 e. The molecule has 1 heterocycles. The lowest BCUT2D eigenvalue weighted by Crippen LogP contribution is -2.41. The number of amides is 1. The molecule has 6 heteroatoms. The average Bonchev–Trinajstić information content (AvgIpc) is 2.59. The van der Waals surface area contributed by atoms with Gasteiger partial charge in [-0.15, -0.1) is 11.8 Å². The van der Waals surface area contributed by atoms with Gasteiger partial charge in [0.15, 0.2) is 0 Å². The van der Waals surface area contributed by atoms with Crippen LogP contribution < -0.4 is 0 Å². The Bertz CT molecular complexity index is 592. The minimum atomic E-state index is -1.03. The fourth-order valence-electron chi connectivity index (χ4n) is 2.04. The van der Waals surface area contributed by atoms with Crippen molar-refractivity contribution in [3.8, 4) is 0 Å². The van der Waals surface area contributed by atoms with E-state index in [1.165, 1.54) is 6.08 Å².